The number of halogens is 2. The molecule has 42 heavy (non-hydrogen) atoms. The molecule has 1 saturated heterocycles. The number of imidazole rings is 1. The monoisotopic (exact) mass is 632 g/mol. The summed E-state index contributed by atoms with van der Waals surface area (Å²) in [4.78, 5) is 8.58. The summed E-state index contributed by atoms with van der Waals surface area (Å²) in [6.07, 6.45) is 2.18. The number of hydrogen-bond donors (Lipinski definition) is 0. The number of aromatic nitrogens is 2. The van der Waals surface area contributed by atoms with Gasteiger partial charge in [-0.15, -0.1) is 11.3 Å². The van der Waals surface area contributed by atoms with Gasteiger partial charge in [-0.2, -0.15) is 4.31 Å². The van der Waals surface area contributed by atoms with Gasteiger partial charge in [0.15, 0.2) is 0 Å². The fourth-order valence-corrected chi connectivity index (χ4v) is 8.71. The van der Waals surface area contributed by atoms with Crippen molar-refractivity contribution in [2.45, 2.75) is 11.4 Å². The quantitative estimate of drug-likeness (QED) is 0.189. The van der Waals surface area contributed by atoms with Crippen LogP contribution in [0, 0.1) is 0 Å². The lowest BCUT2D eigenvalue weighted by atomic mass is 10.1. The Balaban J connectivity index is 1.20. The molecule has 6 nitrogen and oxygen atoms in total. The van der Waals surface area contributed by atoms with Gasteiger partial charge >= 0.3 is 0 Å². The Morgan fingerprint density at radius 1 is 0.810 bits per heavy atom. The van der Waals surface area contributed by atoms with Crippen LogP contribution in [0.25, 0.3) is 37.4 Å². The van der Waals surface area contributed by atoms with E-state index in [1.807, 2.05) is 18.2 Å². The van der Waals surface area contributed by atoms with E-state index in [-0.39, 0.29) is 14.9 Å². The molecule has 1 fully saturated rings. The van der Waals surface area contributed by atoms with Crippen LogP contribution in [0.1, 0.15) is 5.69 Å². The molecule has 0 unspecified atom stereocenters. The van der Waals surface area contributed by atoms with E-state index < -0.39 is 10.0 Å². The summed E-state index contributed by atoms with van der Waals surface area (Å²) in [5.41, 5.74) is 5.08. The first-order valence-electron chi connectivity index (χ1n) is 13.6. The number of piperazine rings is 1. The number of nitrogens with zero attached hydrogens (tertiary/aromatic N) is 4. The maximum Gasteiger partial charge on any atom is 0.244 e. The minimum absolute atomic E-state index is 0.0482. The average Bonchev–Trinajstić information content (AvgIpc) is 3.61. The molecular weight excluding hydrogens is 607 g/mol. The standard InChI is InChI=1S/C32H26Cl2N4O2S2/c33-25-10-6-12-29(31(25)34)42(39,40)37-17-15-36(16-18-37)21-26-32(22-7-2-1-3-8-22)35-30-14-13-24(20-38(26)30)28-19-23-9-4-5-11-27(23)41-28/h1-14,19-20H,15-18,21H2. The van der Waals surface area contributed by atoms with Gasteiger partial charge in [-0.3, -0.25) is 4.90 Å². The van der Waals surface area contributed by atoms with Gasteiger partial charge in [-0.25, -0.2) is 13.4 Å². The predicted octanol–water partition coefficient (Wildman–Crippen LogP) is 7.70. The molecule has 0 spiro atoms. The van der Waals surface area contributed by atoms with Gasteiger partial charge < -0.3 is 4.40 Å². The summed E-state index contributed by atoms with van der Waals surface area (Å²) < 4.78 is 31.7. The second-order valence-electron chi connectivity index (χ2n) is 10.3. The van der Waals surface area contributed by atoms with Gasteiger partial charge in [-0.05, 0) is 41.8 Å². The molecule has 0 amide bonds. The topological polar surface area (TPSA) is 57.9 Å². The fraction of sp³-hybridized carbons (Fsp3) is 0.156. The van der Waals surface area contributed by atoms with Crippen LogP contribution in [0.5, 0.6) is 0 Å². The van der Waals surface area contributed by atoms with Crippen molar-refractivity contribution in [1.29, 1.82) is 0 Å². The van der Waals surface area contributed by atoms with Crippen molar-refractivity contribution >= 4 is 60.3 Å². The highest BCUT2D eigenvalue weighted by atomic mass is 35.5. The molecule has 0 saturated carbocycles. The molecule has 0 bridgehead atoms. The predicted molar refractivity (Wildman–Crippen MR) is 172 cm³/mol. The molecule has 1 aliphatic heterocycles. The first-order chi connectivity index (χ1) is 20.4. The van der Waals surface area contributed by atoms with E-state index >= 15 is 0 Å². The minimum atomic E-state index is -3.76. The van der Waals surface area contributed by atoms with E-state index in [9.17, 15) is 8.42 Å². The Morgan fingerprint density at radius 3 is 2.36 bits per heavy atom. The average molecular weight is 634 g/mol. The SMILES string of the molecule is O=S(=O)(c1cccc(Cl)c1Cl)N1CCN(Cc2c(-c3ccccc3)nc3ccc(-c4cc5ccccc5s4)cn23)CC1. The number of fused-ring (bicyclic) bond motifs is 2. The van der Waals surface area contributed by atoms with Crippen molar-refractivity contribution in [3.05, 3.63) is 113 Å². The third-order valence-corrected chi connectivity index (χ3v) is 11.8. The number of pyridine rings is 1. The zero-order chi connectivity index (χ0) is 28.8. The van der Waals surface area contributed by atoms with Gasteiger partial charge in [0.1, 0.15) is 10.5 Å². The molecule has 0 N–H and O–H groups in total. The second-order valence-corrected chi connectivity index (χ2v) is 14.1. The summed E-state index contributed by atoms with van der Waals surface area (Å²) in [7, 11) is -3.76. The number of hydrogen-bond acceptors (Lipinski definition) is 5. The number of thiophene rings is 1. The van der Waals surface area contributed by atoms with Crippen molar-refractivity contribution in [3.8, 4) is 21.7 Å². The van der Waals surface area contributed by atoms with Gasteiger partial charge in [0.05, 0.1) is 21.4 Å². The van der Waals surface area contributed by atoms with Gasteiger partial charge in [0, 0.05) is 59.6 Å². The summed E-state index contributed by atoms with van der Waals surface area (Å²) in [6, 6.07) is 29.8. The molecule has 3 aromatic heterocycles. The maximum absolute atomic E-state index is 13.4. The third kappa shape index (κ3) is 5.02. The van der Waals surface area contributed by atoms with Crippen molar-refractivity contribution in [2.75, 3.05) is 26.2 Å². The smallest absolute Gasteiger partial charge is 0.244 e. The van der Waals surface area contributed by atoms with Crippen LogP contribution in [-0.4, -0.2) is 53.2 Å². The molecule has 6 aromatic rings. The van der Waals surface area contributed by atoms with Crippen LogP contribution in [0.15, 0.2) is 102 Å². The Labute approximate surface area is 258 Å². The number of sulfonamides is 1. The fourth-order valence-electron chi connectivity index (χ4n) is 5.50. The van der Waals surface area contributed by atoms with E-state index in [1.165, 1.54) is 25.3 Å². The van der Waals surface area contributed by atoms with Crippen molar-refractivity contribution in [1.82, 2.24) is 18.6 Å². The molecular formula is C32H26Cl2N4O2S2. The number of rotatable bonds is 6. The largest absolute Gasteiger partial charge is 0.301 e. The van der Waals surface area contributed by atoms with E-state index in [1.54, 1.807) is 23.5 Å². The lowest BCUT2D eigenvalue weighted by Crippen LogP contribution is -2.48. The van der Waals surface area contributed by atoms with Crippen LogP contribution in [0.3, 0.4) is 0 Å². The Hall–Kier alpha value is -3.24. The molecule has 1 aliphatic rings. The van der Waals surface area contributed by atoms with Gasteiger partial charge in [-0.1, -0.05) is 77.8 Å². The lowest BCUT2D eigenvalue weighted by Gasteiger charge is -2.34. The second kappa shape index (κ2) is 11.1. The highest BCUT2D eigenvalue weighted by Crippen LogP contribution is 2.35. The summed E-state index contributed by atoms with van der Waals surface area (Å²) >= 11 is 14.2. The minimum Gasteiger partial charge on any atom is -0.301 e. The third-order valence-electron chi connectivity index (χ3n) is 7.71. The van der Waals surface area contributed by atoms with E-state index in [0.717, 1.165) is 28.2 Å². The van der Waals surface area contributed by atoms with Gasteiger partial charge in [0.2, 0.25) is 10.0 Å². The van der Waals surface area contributed by atoms with Crippen molar-refractivity contribution in [2.24, 2.45) is 0 Å². The summed E-state index contributed by atoms with van der Waals surface area (Å²) in [5, 5.41) is 1.53. The van der Waals surface area contributed by atoms with Crippen molar-refractivity contribution in [3.63, 3.8) is 0 Å². The Bertz CT molecular complexity index is 2000. The van der Waals surface area contributed by atoms with Crippen LogP contribution >= 0.6 is 34.5 Å². The summed E-state index contributed by atoms with van der Waals surface area (Å²) in [6.45, 7) is 2.50. The zero-order valence-corrected chi connectivity index (χ0v) is 25.6. The molecule has 0 atom stereocenters. The highest BCUT2D eigenvalue weighted by molar-refractivity contribution is 7.89. The molecule has 7 rings (SSSR count). The first kappa shape index (κ1) is 27.6. The van der Waals surface area contributed by atoms with E-state index in [0.29, 0.717) is 32.7 Å². The van der Waals surface area contributed by atoms with E-state index in [4.69, 9.17) is 28.2 Å². The zero-order valence-electron chi connectivity index (χ0n) is 22.5. The maximum atomic E-state index is 13.4. The van der Waals surface area contributed by atoms with Crippen LogP contribution in [0.2, 0.25) is 10.0 Å². The molecule has 0 radical (unpaired) electrons. The molecule has 0 aliphatic carbocycles. The molecule has 3 aromatic carbocycles. The van der Waals surface area contributed by atoms with Crippen LogP contribution < -0.4 is 0 Å². The molecule has 4 heterocycles. The highest BCUT2D eigenvalue weighted by Gasteiger charge is 2.31. The lowest BCUT2D eigenvalue weighted by molar-refractivity contribution is 0.180. The van der Waals surface area contributed by atoms with Crippen LogP contribution in [-0.2, 0) is 16.6 Å². The summed E-state index contributed by atoms with van der Waals surface area (Å²) in [5.74, 6) is 0. The van der Waals surface area contributed by atoms with Crippen molar-refractivity contribution < 1.29 is 8.42 Å². The number of benzene rings is 3. The Morgan fingerprint density at radius 2 is 1.57 bits per heavy atom. The Kier molecular flexibility index (Phi) is 7.30. The molecule has 10 heteroatoms. The first-order valence-corrected chi connectivity index (χ1v) is 16.6. The van der Waals surface area contributed by atoms with Gasteiger partial charge in [0.25, 0.3) is 0 Å². The molecule has 212 valence electrons. The van der Waals surface area contributed by atoms with E-state index in [2.05, 4.69) is 70.1 Å². The van der Waals surface area contributed by atoms with Crippen LogP contribution in [0.4, 0.5) is 0 Å². The normalized spacial score (nSPS) is 15.1.